The van der Waals surface area contributed by atoms with Crippen molar-refractivity contribution >= 4 is 11.8 Å². The Balaban J connectivity index is 1.61. The van der Waals surface area contributed by atoms with Gasteiger partial charge < -0.3 is 14.7 Å². The van der Waals surface area contributed by atoms with Crippen LogP contribution < -0.4 is 5.32 Å². The van der Waals surface area contributed by atoms with Crippen LogP contribution in [0.2, 0.25) is 0 Å². The van der Waals surface area contributed by atoms with Gasteiger partial charge in [-0.05, 0) is 18.1 Å². The second-order valence-corrected chi connectivity index (χ2v) is 6.82. The van der Waals surface area contributed by atoms with Crippen molar-refractivity contribution < 1.29 is 14.1 Å². The van der Waals surface area contributed by atoms with Gasteiger partial charge in [0.25, 0.3) is 0 Å². The summed E-state index contributed by atoms with van der Waals surface area (Å²) in [4.78, 5) is 32.7. The minimum absolute atomic E-state index is 0.0738. The minimum atomic E-state index is -0.460. The Labute approximate surface area is 158 Å². The van der Waals surface area contributed by atoms with Crippen LogP contribution in [-0.2, 0) is 22.6 Å². The smallest absolute Gasteiger partial charge is 0.237 e. The summed E-state index contributed by atoms with van der Waals surface area (Å²) in [5.41, 5.74) is 2.36. The monoisotopic (exact) mass is 371 g/mol. The predicted octanol–water partition coefficient (Wildman–Crippen LogP) is 0.770. The topological polar surface area (TPSA) is 91.6 Å². The lowest BCUT2D eigenvalue weighted by molar-refractivity contribution is -0.138. The van der Waals surface area contributed by atoms with Crippen molar-refractivity contribution in [2.45, 2.75) is 32.4 Å². The van der Waals surface area contributed by atoms with Gasteiger partial charge in [0.2, 0.25) is 18.2 Å². The van der Waals surface area contributed by atoms with Crippen molar-refractivity contribution in [1.82, 2.24) is 25.3 Å². The quantitative estimate of drug-likeness (QED) is 0.773. The number of likely N-dealkylation sites (N-methyl/N-ethyl adjacent to an activating group) is 1. The van der Waals surface area contributed by atoms with Crippen LogP contribution in [0.4, 0.5) is 0 Å². The highest BCUT2D eigenvalue weighted by Gasteiger charge is 2.32. The van der Waals surface area contributed by atoms with E-state index in [1.165, 1.54) is 17.5 Å². The number of amides is 2. The summed E-state index contributed by atoms with van der Waals surface area (Å²) >= 11 is 0. The first-order chi connectivity index (χ1) is 13.0. The van der Waals surface area contributed by atoms with Crippen LogP contribution in [0, 0.1) is 6.92 Å². The average Bonchev–Trinajstić information content (AvgIpc) is 3.18. The Kier molecular flexibility index (Phi) is 6.18. The first-order valence-corrected chi connectivity index (χ1v) is 9.10. The molecule has 1 atom stereocenters. The van der Waals surface area contributed by atoms with Crippen LogP contribution in [-0.4, -0.2) is 64.5 Å². The van der Waals surface area contributed by atoms with Crippen molar-refractivity contribution in [3.8, 4) is 0 Å². The molecule has 1 N–H and O–H groups in total. The van der Waals surface area contributed by atoms with Crippen LogP contribution in [0.1, 0.15) is 23.4 Å². The van der Waals surface area contributed by atoms with Gasteiger partial charge in [-0.1, -0.05) is 29.4 Å². The van der Waals surface area contributed by atoms with Crippen molar-refractivity contribution in [2.24, 2.45) is 0 Å². The maximum absolute atomic E-state index is 12.6. The molecule has 144 valence electrons. The molecule has 1 fully saturated rings. The third kappa shape index (κ3) is 4.91. The normalized spacial score (nSPS) is 17.6. The van der Waals surface area contributed by atoms with E-state index in [-0.39, 0.29) is 18.2 Å². The molecule has 0 aliphatic carbocycles. The average molecular weight is 371 g/mol. The van der Waals surface area contributed by atoms with Crippen LogP contribution in [0.25, 0.3) is 0 Å². The van der Waals surface area contributed by atoms with E-state index >= 15 is 0 Å². The Morgan fingerprint density at radius 1 is 1.41 bits per heavy atom. The van der Waals surface area contributed by atoms with E-state index in [0.717, 1.165) is 6.54 Å². The van der Waals surface area contributed by atoms with Crippen molar-refractivity contribution in [2.75, 3.05) is 26.7 Å². The number of carbonyl (C=O) groups is 2. The lowest BCUT2D eigenvalue weighted by atomic mass is 10.0. The third-order valence-electron chi connectivity index (χ3n) is 4.95. The summed E-state index contributed by atoms with van der Waals surface area (Å²) in [6.45, 7) is 4.52. The number of nitrogens with zero attached hydrogens (tertiary/aromatic N) is 4. The summed E-state index contributed by atoms with van der Waals surface area (Å²) in [5, 5.41) is 6.62. The fraction of sp³-hybridized carbons (Fsp3) is 0.474. The molecular formula is C19H25N5O3. The van der Waals surface area contributed by atoms with Crippen LogP contribution in [0.15, 0.2) is 35.2 Å². The highest BCUT2D eigenvalue weighted by atomic mass is 16.5. The van der Waals surface area contributed by atoms with Gasteiger partial charge in [0.1, 0.15) is 0 Å². The molecule has 1 saturated heterocycles. The Bertz CT molecular complexity index is 777. The zero-order valence-electron chi connectivity index (χ0n) is 15.7. The van der Waals surface area contributed by atoms with E-state index in [0.29, 0.717) is 31.9 Å². The van der Waals surface area contributed by atoms with Crippen LogP contribution in [0.5, 0.6) is 0 Å². The van der Waals surface area contributed by atoms with E-state index in [1.807, 2.05) is 12.1 Å². The zero-order valence-corrected chi connectivity index (χ0v) is 15.7. The summed E-state index contributed by atoms with van der Waals surface area (Å²) in [6, 6.07) is 7.67. The highest BCUT2D eigenvalue weighted by molar-refractivity contribution is 5.88. The molecule has 3 rings (SSSR count). The number of hydrogen-bond acceptors (Lipinski definition) is 6. The van der Waals surface area contributed by atoms with Crippen LogP contribution >= 0.6 is 0 Å². The molecule has 2 aromatic rings. The van der Waals surface area contributed by atoms with Gasteiger partial charge in [0.15, 0.2) is 5.82 Å². The van der Waals surface area contributed by atoms with Gasteiger partial charge in [-0.25, -0.2) is 0 Å². The molecule has 0 radical (unpaired) electrons. The van der Waals surface area contributed by atoms with Crippen molar-refractivity contribution in [3.63, 3.8) is 0 Å². The van der Waals surface area contributed by atoms with E-state index in [4.69, 9.17) is 4.52 Å². The number of aromatic nitrogens is 2. The molecule has 0 saturated carbocycles. The second kappa shape index (κ2) is 8.77. The standard InChI is InChI=1S/C19H25N5O3/c1-14-5-3-4-6-15(14)12-24-10-8-20-19(26)16(24)11-18(25)23(2)9-7-17-21-13-27-22-17/h3-6,13,16H,7-12H2,1-2H3,(H,20,26)/t16-/m0/s1. The fourth-order valence-electron chi connectivity index (χ4n) is 3.20. The first kappa shape index (κ1) is 19.0. The Morgan fingerprint density at radius 3 is 2.96 bits per heavy atom. The largest absolute Gasteiger partial charge is 0.353 e. The molecule has 27 heavy (non-hydrogen) atoms. The summed E-state index contributed by atoms with van der Waals surface area (Å²) in [6.07, 6.45) is 1.94. The fourth-order valence-corrected chi connectivity index (χ4v) is 3.20. The number of nitrogens with one attached hydrogen (secondary N) is 1. The molecule has 8 heteroatoms. The molecule has 0 bridgehead atoms. The summed E-state index contributed by atoms with van der Waals surface area (Å²) in [5.74, 6) is 0.399. The van der Waals surface area contributed by atoms with Crippen molar-refractivity contribution in [3.05, 3.63) is 47.6 Å². The van der Waals surface area contributed by atoms with Gasteiger partial charge in [-0.15, -0.1) is 0 Å². The molecule has 0 spiro atoms. The van der Waals surface area contributed by atoms with Gasteiger partial charge in [0, 0.05) is 39.6 Å². The van der Waals surface area contributed by atoms with Gasteiger partial charge in [-0.3, -0.25) is 14.5 Å². The number of benzene rings is 1. The Morgan fingerprint density at radius 2 is 2.22 bits per heavy atom. The molecule has 2 amide bonds. The molecule has 1 aliphatic heterocycles. The lowest BCUT2D eigenvalue weighted by Crippen LogP contribution is -2.56. The maximum atomic E-state index is 12.6. The van der Waals surface area contributed by atoms with E-state index in [9.17, 15) is 9.59 Å². The first-order valence-electron chi connectivity index (χ1n) is 9.10. The van der Waals surface area contributed by atoms with E-state index < -0.39 is 6.04 Å². The molecule has 8 nitrogen and oxygen atoms in total. The van der Waals surface area contributed by atoms with Crippen molar-refractivity contribution in [1.29, 1.82) is 0 Å². The Hall–Kier alpha value is -2.74. The molecule has 1 aromatic heterocycles. The molecule has 1 aliphatic rings. The summed E-state index contributed by atoms with van der Waals surface area (Å²) in [7, 11) is 1.73. The van der Waals surface area contributed by atoms with Gasteiger partial charge in [-0.2, -0.15) is 4.98 Å². The SMILES string of the molecule is Cc1ccccc1CN1CCNC(=O)[C@@H]1CC(=O)N(C)CCc1ncon1. The summed E-state index contributed by atoms with van der Waals surface area (Å²) < 4.78 is 4.70. The number of rotatable bonds is 7. The molecule has 1 aromatic carbocycles. The van der Waals surface area contributed by atoms with Gasteiger partial charge >= 0.3 is 0 Å². The van der Waals surface area contributed by atoms with Gasteiger partial charge in [0.05, 0.1) is 12.5 Å². The number of piperazine rings is 1. The molecular weight excluding hydrogens is 346 g/mol. The second-order valence-electron chi connectivity index (χ2n) is 6.82. The number of hydrogen-bond donors (Lipinski definition) is 1. The predicted molar refractivity (Wildman–Crippen MR) is 98.6 cm³/mol. The van der Waals surface area contributed by atoms with E-state index in [1.54, 1.807) is 11.9 Å². The van der Waals surface area contributed by atoms with E-state index in [2.05, 4.69) is 39.4 Å². The number of carbonyl (C=O) groups excluding carboxylic acids is 2. The third-order valence-corrected chi connectivity index (χ3v) is 4.95. The minimum Gasteiger partial charge on any atom is -0.353 e. The number of aryl methyl sites for hydroxylation is 1. The maximum Gasteiger partial charge on any atom is 0.237 e. The zero-order chi connectivity index (χ0) is 19.2. The molecule has 2 heterocycles. The lowest BCUT2D eigenvalue weighted by Gasteiger charge is -2.35. The highest BCUT2D eigenvalue weighted by Crippen LogP contribution is 2.17. The molecule has 0 unspecified atom stereocenters. The van der Waals surface area contributed by atoms with Crippen LogP contribution in [0.3, 0.4) is 0 Å².